The number of nitrogens with zero attached hydrogens (tertiary/aromatic N) is 3. The second-order valence-corrected chi connectivity index (χ2v) is 4.93. The Hall–Kier alpha value is -1.90. The number of likely N-dealkylation sites (N-methyl/N-ethyl adjacent to an activating group) is 1. The second-order valence-electron chi connectivity index (χ2n) is 4.93. The molecule has 1 N–H and O–H groups in total. The summed E-state index contributed by atoms with van der Waals surface area (Å²) in [4.78, 5) is 20.7. The van der Waals surface area contributed by atoms with Gasteiger partial charge in [-0.3, -0.25) is 4.79 Å². The highest BCUT2D eigenvalue weighted by Gasteiger charge is 2.21. The lowest BCUT2D eigenvalue weighted by molar-refractivity contribution is 0.0637. The van der Waals surface area contributed by atoms with Gasteiger partial charge in [-0.15, -0.1) is 0 Å². The van der Waals surface area contributed by atoms with Crippen molar-refractivity contribution in [1.29, 1.82) is 0 Å². The van der Waals surface area contributed by atoms with Crippen molar-refractivity contribution in [3.05, 3.63) is 29.6 Å². The lowest BCUT2D eigenvalue weighted by atomic mass is 10.2. The summed E-state index contributed by atoms with van der Waals surface area (Å²) in [6, 6.07) is 3.52. The zero-order chi connectivity index (χ0) is 15.1. The molecule has 2 heterocycles. The Kier molecular flexibility index (Phi) is 5.73. The smallest absolute Gasteiger partial charge is 0.272 e. The minimum atomic E-state index is -0.0133. The number of rotatable bonds is 3. The Morgan fingerprint density at radius 3 is 2.67 bits per heavy atom. The van der Waals surface area contributed by atoms with E-state index < -0.39 is 0 Å². The van der Waals surface area contributed by atoms with Gasteiger partial charge >= 0.3 is 0 Å². The van der Waals surface area contributed by atoms with Gasteiger partial charge in [-0.2, -0.15) is 0 Å². The molecule has 1 aliphatic heterocycles. The highest BCUT2D eigenvalue weighted by atomic mass is 16.2. The lowest BCUT2D eigenvalue weighted by Crippen LogP contribution is -2.48. The number of amides is 1. The first-order valence-corrected chi connectivity index (χ1v) is 7.32. The summed E-state index contributed by atoms with van der Waals surface area (Å²) in [5.74, 6) is 5.72. The van der Waals surface area contributed by atoms with Crippen molar-refractivity contribution in [3.63, 3.8) is 0 Å². The van der Waals surface area contributed by atoms with Crippen LogP contribution in [0.25, 0.3) is 0 Å². The Balaban J connectivity index is 1.96. The molecular weight excluding hydrogens is 266 g/mol. The number of hydrogen-bond donors (Lipinski definition) is 1. The lowest BCUT2D eigenvalue weighted by Gasteiger charge is -2.33. The van der Waals surface area contributed by atoms with E-state index >= 15 is 0 Å². The first-order valence-electron chi connectivity index (χ1n) is 7.32. The van der Waals surface area contributed by atoms with Crippen LogP contribution in [-0.2, 0) is 0 Å². The van der Waals surface area contributed by atoms with Crippen LogP contribution in [0.2, 0.25) is 0 Å². The van der Waals surface area contributed by atoms with Crippen molar-refractivity contribution in [1.82, 2.24) is 14.8 Å². The topological polar surface area (TPSA) is 56.7 Å². The maximum absolute atomic E-state index is 12.3. The Bertz CT molecular complexity index is 523. The predicted octanol–water partition coefficient (Wildman–Crippen LogP) is 0.593. The quantitative estimate of drug-likeness (QED) is 0.827. The molecular formula is C16H21N3O2. The molecule has 1 aromatic rings. The van der Waals surface area contributed by atoms with Gasteiger partial charge in [-0.05, 0) is 18.7 Å². The van der Waals surface area contributed by atoms with Gasteiger partial charge in [0, 0.05) is 44.4 Å². The monoisotopic (exact) mass is 287 g/mol. The standard InChI is InChI=1S/C16H21N3O2/c1-2-18-8-10-19(11-9-18)16(21)15-7-6-14(13-17-15)5-3-4-12-20/h6-7,13,20H,2,4,8-12H2,1H3. The average molecular weight is 287 g/mol. The Morgan fingerprint density at radius 2 is 2.10 bits per heavy atom. The molecule has 2 rings (SSSR count). The first-order chi connectivity index (χ1) is 10.2. The third-order valence-corrected chi connectivity index (χ3v) is 3.56. The van der Waals surface area contributed by atoms with Crippen molar-refractivity contribution in [2.45, 2.75) is 13.3 Å². The van der Waals surface area contributed by atoms with Crippen molar-refractivity contribution >= 4 is 5.91 Å². The molecule has 21 heavy (non-hydrogen) atoms. The first kappa shape index (κ1) is 15.5. The van der Waals surface area contributed by atoms with Gasteiger partial charge in [0.1, 0.15) is 5.69 Å². The number of piperazine rings is 1. The molecule has 1 fully saturated rings. The predicted molar refractivity (Wildman–Crippen MR) is 80.8 cm³/mol. The summed E-state index contributed by atoms with van der Waals surface area (Å²) in [5.41, 5.74) is 1.23. The fraction of sp³-hybridized carbons (Fsp3) is 0.500. The fourth-order valence-electron chi connectivity index (χ4n) is 2.24. The highest BCUT2D eigenvalue weighted by molar-refractivity contribution is 5.92. The van der Waals surface area contributed by atoms with Crippen LogP contribution >= 0.6 is 0 Å². The summed E-state index contributed by atoms with van der Waals surface area (Å²) >= 11 is 0. The third kappa shape index (κ3) is 4.28. The number of hydrogen-bond acceptors (Lipinski definition) is 4. The summed E-state index contributed by atoms with van der Waals surface area (Å²) in [6.45, 7) is 6.58. The molecule has 112 valence electrons. The van der Waals surface area contributed by atoms with Crippen LogP contribution in [0, 0.1) is 11.8 Å². The van der Waals surface area contributed by atoms with E-state index in [9.17, 15) is 4.79 Å². The van der Waals surface area contributed by atoms with Crippen molar-refractivity contribution in [2.24, 2.45) is 0 Å². The van der Waals surface area contributed by atoms with E-state index in [-0.39, 0.29) is 12.5 Å². The molecule has 0 aliphatic carbocycles. The largest absolute Gasteiger partial charge is 0.395 e. The van der Waals surface area contributed by atoms with Crippen LogP contribution < -0.4 is 0 Å². The average Bonchev–Trinajstić information content (AvgIpc) is 2.55. The molecule has 0 aromatic carbocycles. The van der Waals surface area contributed by atoms with E-state index in [1.54, 1.807) is 18.3 Å². The molecule has 0 radical (unpaired) electrons. The van der Waals surface area contributed by atoms with Gasteiger partial charge in [0.25, 0.3) is 5.91 Å². The van der Waals surface area contributed by atoms with Gasteiger partial charge in [0.15, 0.2) is 0 Å². The molecule has 0 spiro atoms. The number of aliphatic hydroxyl groups is 1. The van der Waals surface area contributed by atoms with Crippen LogP contribution in [0.15, 0.2) is 18.3 Å². The summed E-state index contributed by atoms with van der Waals surface area (Å²) in [6.07, 6.45) is 2.06. The fourth-order valence-corrected chi connectivity index (χ4v) is 2.24. The van der Waals surface area contributed by atoms with E-state index in [0.717, 1.165) is 38.3 Å². The number of carbonyl (C=O) groups excluding carboxylic acids is 1. The number of aromatic nitrogens is 1. The maximum Gasteiger partial charge on any atom is 0.272 e. The molecule has 5 heteroatoms. The minimum Gasteiger partial charge on any atom is -0.395 e. The Labute approximate surface area is 125 Å². The van der Waals surface area contributed by atoms with E-state index in [1.807, 2.05) is 4.90 Å². The molecule has 0 bridgehead atoms. The van der Waals surface area contributed by atoms with E-state index in [4.69, 9.17) is 5.11 Å². The molecule has 1 aliphatic rings. The van der Waals surface area contributed by atoms with Crippen molar-refractivity contribution in [2.75, 3.05) is 39.3 Å². The van der Waals surface area contributed by atoms with Gasteiger partial charge in [0.05, 0.1) is 6.61 Å². The van der Waals surface area contributed by atoms with Crippen LogP contribution in [0.1, 0.15) is 29.4 Å². The van der Waals surface area contributed by atoms with E-state index in [2.05, 4.69) is 28.6 Å². The van der Waals surface area contributed by atoms with Crippen molar-refractivity contribution in [3.8, 4) is 11.8 Å². The number of pyridine rings is 1. The van der Waals surface area contributed by atoms with E-state index in [0.29, 0.717) is 12.1 Å². The zero-order valence-electron chi connectivity index (χ0n) is 12.4. The highest BCUT2D eigenvalue weighted by Crippen LogP contribution is 2.07. The molecule has 0 unspecified atom stereocenters. The van der Waals surface area contributed by atoms with Gasteiger partial charge < -0.3 is 14.9 Å². The maximum atomic E-state index is 12.3. The minimum absolute atomic E-state index is 0.0133. The molecule has 5 nitrogen and oxygen atoms in total. The summed E-state index contributed by atoms with van der Waals surface area (Å²) < 4.78 is 0. The SMILES string of the molecule is CCN1CCN(C(=O)c2ccc(C#CCCO)cn2)CC1. The van der Waals surface area contributed by atoms with E-state index in [1.165, 1.54) is 0 Å². The van der Waals surface area contributed by atoms with Crippen LogP contribution in [0.3, 0.4) is 0 Å². The molecule has 0 saturated carbocycles. The molecule has 0 atom stereocenters. The number of carbonyl (C=O) groups is 1. The van der Waals surface area contributed by atoms with Gasteiger partial charge in [0.2, 0.25) is 0 Å². The van der Waals surface area contributed by atoms with Gasteiger partial charge in [-0.25, -0.2) is 4.98 Å². The number of aliphatic hydroxyl groups excluding tert-OH is 1. The molecule has 1 aromatic heterocycles. The van der Waals surface area contributed by atoms with Crippen LogP contribution in [0.4, 0.5) is 0 Å². The van der Waals surface area contributed by atoms with Crippen LogP contribution in [-0.4, -0.2) is 65.1 Å². The third-order valence-electron chi connectivity index (χ3n) is 3.56. The summed E-state index contributed by atoms with van der Waals surface area (Å²) in [7, 11) is 0. The van der Waals surface area contributed by atoms with Crippen molar-refractivity contribution < 1.29 is 9.90 Å². The van der Waals surface area contributed by atoms with Gasteiger partial charge in [-0.1, -0.05) is 18.8 Å². The Morgan fingerprint density at radius 1 is 1.33 bits per heavy atom. The zero-order valence-corrected chi connectivity index (χ0v) is 12.4. The van der Waals surface area contributed by atoms with Crippen LogP contribution in [0.5, 0.6) is 0 Å². The molecule has 1 amide bonds. The normalized spacial score (nSPS) is 15.4. The molecule has 1 saturated heterocycles. The second kappa shape index (κ2) is 7.77. The summed E-state index contributed by atoms with van der Waals surface area (Å²) in [5, 5.41) is 8.67.